The van der Waals surface area contributed by atoms with E-state index in [1.807, 2.05) is 19.2 Å². The number of nitrogens with one attached hydrogen (secondary N) is 3. The van der Waals surface area contributed by atoms with Gasteiger partial charge < -0.3 is 20.7 Å². The summed E-state index contributed by atoms with van der Waals surface area (Å²) in [6, 6.07) is 5.63. The van der Waals surface area contributed by atoms with Crippen molar-refractivity contribution < 1.29 is 32.3 Å². The first-order valence-electron chi connectivity index (χ1n) is 13.8. The summed E-state index contributed by atoms with van der Waals surface area (Å²) >= 11 is 0. The van der Waals surface area contributed by atoms with Crippen molar-refractivity contribution in [3.05, 3.63) is 41.7 Å². The molecule has 3 amide bonds. The number of alkyl halides is 3. The van der Waals surface area contributed by atoms with E-state index in [0.717, 1.165) is 25.7 Å². The average Bonchev–Trinajstić information content (AvgIpc) is 3.85. The first-order chi connectivity index (χ1) is 19.0. The van der Waals surface area contributed by atoms with E-state index in [2.05, 4.69) is 15.7 Å². The van der Waals surface area contributed by atoms with E-state index in [1.165, 1.54) is 0 Å². The molecule has 2 aliphatic carbocycles. The maximum atomic E-state index is 13.7. The average molecular weight is 562 g/mol. The summed E-state index contributed by atoms with van der Waals surface area (Å²) in [6.07, 6.45) is 1.40. The second kappa shape index (κ2) is 11.1. The van der Waals surface area contributed by atoms with Crippen LogP contribution in [0.2, 0.25) is 0 Å². The number of carbonyl (C=O) groups is 3. The predicted octanol–water partition coefficient (Wildman–Crippen LogP) is 4.18. The number of benzene rings is 1. The molecule has 40 heavy (non-hydrogen) atoms. The van der Waals surface area contributed by atoms with Crippen LogP contribution >= 0.6 is 0 Å². The molecule has 9 nitrogen and oxygen atoms in total. The van der Waals surface area contributed by atoms with Crippen LogP contribution in [0.5, 0.6) is 5.75 Å². The van der Waals surface area contributed by atoms with E-state index >= 15 is 0 Å². The fourth-order valence-corrected chi connectivity index (χ4v) is 5.62. The van der Waals surface area contributed by atoms with Crippen LogP contribution in [0.4, 0.5) is 18.9 Å². The van der Waals surface area contributed by atoms with Crippen LogP contribution in [0, 0.1) is 17.8 Å². The molecule has 2 saturated carbocycles. The fourth-order valence-electron chi connectivity index (χ4n) is 5.62. The highest BCUT2D eigenvalue weighted by atomic mass is 19.4. The lowest BCUT2D eigenvalue weighted by Gasteiger charge is -2.28. The van der Waals surface area contributed by atoms with Gasteiger partial charge in [-0.25, -0.2) is 0 Å². The summed E-state index contributed by atoms with van der Waals surface area (Å²) in [5.41, 5.74) is 1.26. The number of aromatic nitrogens is 2. The first-order valence-corrected chi connectivity index (χ1v) is 13.8. The summed E-state index contributed by atoms with van der Waals surface area (Å²) in [5, 5.41) is 12.1. The lowest BCUT2D eigenvalue weighted by atomic mass is 9.88. The summed E-state index contributed by atoms with van der Waals surface area (Å²) in [6.45, 7) is 2.60. The van der Waals surface area contributed by atoms with Gasteiger partial charge in [0.1, 0.15) is 24.0 Å². The maximum Gasteiger partial charge on any atom is 0.405 e. The highest BCUT2D eigenvalue weighted by Crippen LogP contribution is 2.51. The smallest absolute Gasteiger partial charge is 0.405 e. The molecule has 0 saturated heterocycles. The molecule has 216 valence electrons. The van der Waals surface area contributed by atoms with Gasteiger partial charge in [0.15, 0.2) is 0 Å². The van der Waals surface area contributed by atoms with E-state index in [0.29, 0.717) is 34.5 Å². The molecule has 2 heterocycles. The van der Waals surface area contributed by atoms with Crippen molar-refractivity contribution in [1.82, 2.24) is 20.4 Å². The Morgan fingerprint density at radius 3 is 2.40 bits per heavy atom. The van der Waals surface area contributed by atoms with Gasteiger partial charge in [-0.3, -0.25) is 19.1 Å². The molecule has 3 aliphatic rings. The van der Waals surface area contributed by atoms with Crippen molar-refractivity contribution in [3.8, 4) is 5.75 Å². The summed E-state index contributed by atoms with van der Waals surface area (Å²) < 4.78 is 45.1. The van der Waals surface area contributed by atoms with Crippen LogP contribution in [0.3, 0.4) is 0 Å². The van der Waals surface area contributed by atoms with Crippen molar-refractivity contribution >= 4 is 23.4 Å². The van der Waals surface area contributed by atoms with Crippen LogP contribution in [0.25, 0.3) is 0 Å². The molecule has 0 radical (unpaired) electrons. The molecular formula is C28H34F3N5O4. The quantitative estimate of drug-likeness (QED) is 0.403. The van der Waals surface area contributed by atoms with E-state index < -0.39 is 30.6 Å². The maximum absolute atomic E-state index is 13.7. The third-order valence-electron chi connectivity index (χ3n) is 7.78. The second-order valence-corrected chi connectivity index (χ2v) is 11.2. The summed E-state index contributed by atoms with van der Waals surface area (Å²) in [7, 11) is 0. The van der Waals surface area contributed by atoms with E-state index in [1.54, 1.807) is 35.1 Å². The number of hydrogen-bond donors (Lipinski definition) is 3. The highest BCUT2D eigenvalue weighted by molar-refractivity contribution is 6.01. The molecular weight excluding hydrogens is 527 g/mol. The van der Waals surface area contributed by atoms with Crippen LogP contribution in [-0.4, -0.2) is 52.9 Å². The normalized spacial score (nSPS) is 19.5. The molecule has 5 rings (SSSR count). The SMILES string of the molecule is CC(C)n1nccc1C(=O)NC(C(=O)Nc1ccc2c(c1)OCCC2C(=O)NCC(F)(F)F)C(C1CC1)C1CC1. The number of ether oxygens (including phenoxy) is 1. The fraction of sp³-hybridized carbons (Fsp3) is 0.571. The number of fused-ring (bicyclic) bond motifs is 1. The molecule has 2 fully saturated rings. The zero-order chi connectivity index (χ0) is 28.6. The number of amides is 3. The molecule has 3 N–H and O–H groups in total. The van der Waals surface area contributed by atoms with Crippen LogP contribution < -0.4 is 20.7 Å². The molecule has 1 aliphatic heterocycles. The Morgan fingerprint density at radius 2 is 1.77 bits per heavy atom. The lowest BCUT2D eigenvalue weighted by Crippen LogP contribution is -2.50. The van der Waals surface area contributed by atoms with Gasteiger partial charge in [-0.15, -0.1) is 0 Å². The summed E-state index contributed by atoms with van der Waals surface area (Å²) in [5.74, 6) is -1.11. The van der Waals surface area contributed by atoms with Gasteiger partial charge in [0.2, 0.25) is 11.8 Å². The van der Waals surface area contributed by atoms with Crippen LogP contribution in [-0.2, 0) is 9.59 Å². The number of anilines is 1. The summed E-state index contributed by atoms with van der Waals surface area (Å²) in [4.78, 5) is 39.5. The lowest BCUT2D eigenvalue weighted by molar-refractivity contribution is -0.139. The molecule has 12 heteroatoms. The minimum atomic E-state index is -4.50. The van der Waals surface area contributed by atoms with Crippen molar-refractivity contribution in [2.75, 3.05) is 18.5 Å². The first kappa shape index (κ1) is 28.0. The zero-order valence-electron chi connectivity index (χ0n) is 22.5. The highest BCUT2D eigenvalue weighted by Gasteiger charge is 2.48. The monoisotopic (exact) mass is 561 g/mol. The van der Waals surface area contributed by atoms with Crippen LogP contribution in [0.1, 0.15) is 74.0 Å². The minimum absolute atomic E-state index is 0.0231. The third kappa shape index (κ3) is 6.42. The third-order valence-corrected chi connectivity index (χ3v) is 7.78. The van der Waals surface area contributed by atoms with Gasteiger partial charge in [0.25, 0.3) is 5.91 Å². The Hall–Kier alpha value is -3.57. The molecule has 1 aromatic heterocycles. The molecule has 0 bridgehead atoms. The van der Waals surface area contributed by atoms with Gasteiger partial charge in [-0.05, 0) is 75.8 Å². The molecule has 2 atom stereocenters. The molecule has 1 aromatic carbocycles. The predicted molar refractivity (Wildman–Crippen MR) is 140 cm³/mol. The van der Waals surface area contributed by atoms with Crippen molar-refractivity contribution in [3.63, 3.8) is 0 Å². The standard InChI is InChI=1S/C28H34F3N5O4/c1-15(2)36-21(9-11-33-36)26(38)35-24(23(16-3-4-16)17-5-6-17)27(39)34-18-7-8-19-20(10-12-40-22(19)13-18)25(37)32-14-28(29,30)31/h7-9,11,13,15-17,20,23-24H,3-6,10,12,14H2,1-2H3,(H,32,37)(H,34,39)(H,35,38). The van der Waals surface area contributed by atoms with E-state index in [4.69, 9.17) is 4.74 Å². The Morgan fingerprint density at radius 1 is 1.07 bits per heavy atom. The Labute approximate surface area is 230 Å². The molecule has 2 unspecified atom stereocenters. The zero-order valence-corrected chi connectivity index (χ0v) is 22.5. The van der Waals surface area contributed by atoms with Crippen molar-refractivity contribution in [1.29, 1.82) is 0 Å². The number of carbonyl (C=O) groups excluding carboxylic acids is 3. The largest absolute Gasteiger partial charge is 0.493 e. The van der Waals surface area contributed by atoms with E-state index in [9.17, 15) is 27.6 Å². The number of rotatable bonds is 10. The molecule has 2 aromatic rings. The number of hydrogen-bond acceptors (Lipinski definition) is 5. The van der Waals surface area contributed by atoms with Gasteiger partial charge in [-0.1, -0.05) is 6.07 Å². The Kier molecular flexibility index (Phi) is 7.78. The van der Waals surface area contributed by atoms with Crippen molar-refractivity contribution in [2.45, 2.75) is 70.1 Å². The second-order valence-electron chi connectivity index (χ2n) is 11.2. The number of halogens is 3. The Balaban J connectivity index is 1.33. The topological polar surface area (TPSA) is 114 Å². The van der Waals surface area contributed by atoms with Crippen molar-refractivity contribution in [2.24, 2.45) is 17.8 Å². The van der Waals surface area contributed by atoms with Gasteiger partial charge in [-0.2, -0.15) is 18.3 Å². The van der Waals surface area contributed by atoms with Gasteiger partial charge in [0.05, 0.1) is 12.5 Å². The van der Waals surface area contributed by atoms with Gasteiger partial charge >= 0.3 is 6.18 Å². The Bertz CT molecular complexity index is 1260. The minimum Gasteiger partial charge on any atom is -0.493 e. The number of nitrogens with zero attached hydrogens (tertiary/aromatic N) is 2. The molecule has 0 spiro atoms. The van der Waals surface area contributed by atoms with Gasteiger partial charge in [0, 0.05) is 29.6 Å². The van der Waals surface area contributed by atoms with E-state index in [-0.39, 0.29) is 36.8 Å². The van der Waals surface area contributed by atoms with Crippen LogP contribution in [0.15, 0.2) is 30.5 Å².